The average molecular weight is 603 g/mol. The van der Waals surface area contributed by atoms with Crippen molar-refractivity contribution < 1.29 is 0 Å². The van der Waals surface area contributed by atoms with Gasteiger partial charge in [-0.1, -0.05) is 143 Å². The number of hydrogen-bond donors (Lipinski definition) is 1. The van der Waals surface area contributed by atoms with Gasteiger partial charge >= 0.3 is 0 Å². The lowest BCUT2D eigenvalue weighted by Gasteiger charge is -2.16. The molecule has 0 fully saturated rings. The summed E-state index contributed by atoms with van der Waals surface area (Å²) in [4.78, 5) is 5.06. The van der Waals surface area contributed by atoms with Crippen LogP contribution in [0.2, 0.25) is 0 Å². The Kier molecular flexibility index (Phi) is 11.2. The molecule has 0 aliphatic heterocycles. The summed E-state index contributed by atoms with van der Waals surface area (Å²) in [5.41, 5.74) is 12.8. The minimum atomic E-state index is 0.272. The zero-order chi connectivity index (χ0) is 32.3. The third-order valence-electron chi connectivity index (χ3n) is 8.46. The van der Waals surface area contributed by atoms with Crippen LogP contribution in [0.4, 0.5) is 0 Å². The number of unbranched alkanes of at least 4 members (excludes halogenated alkanes) is 1. The van der Waals surface area contributed by atoms with Gasteiger partial charge in [0.15, 0.2) is 0 Å². The second-order valence-corrected chi connectivity index (χ2v) is 12.1. The molecule has 0 heterocycles. The van der Waals surface area contributed by atoms with Gasteiger partial charge in [-0.2, -0.15) is 0 Å². The van der Waals surface area contributed by atoms with Crippen LogP contribution in [0, 0.1) is 12.8 Å². The molecule has 4 aromatic carbocycles. The minimum Gasteiger partial charge on any atom is -0.340 e. The van der Waals surface area contributed by atoms with Crippen LogP contribution in [-0.4, -0.2) is 12.4 Å². The second-order valence-electron chi connectivity index (χ2n) is 12.1. The topological polar surface area (TPSA) is 24.4 Å². The maximum Gasteiger partial charge on any atom is 0.132 e. The van der Waals surface area contributed by atoms with Crippen molar-refractivity contribution in [3.8, 4) is 22.3 Å². The Hall–Kier alpha value is -4.95. The van der Waals surface area contributed by atoms with E-state index in [2.05, 4.69) is 142 Å². The molecule has 0 spiro atoms. The summed E-state index contributed by atoms with van der Waals surface area (Å²) < 4.78 is 0. The van der Waals surface area contributed by atoms with Gasteiger partial charge in [0.1, 0.15) is 5.84 Å². The number of nitrogens with zero attached hydrogens (tertiary/aromatic N) is 1. The van der Waals surface area contributed by atoms with Gasteiger partial charge in [-0.15, -0.1) is 0 Å². The Morgan fingerprint density at radius 2 is 1.50 bits per heavy atom. The first-order chi connectivity index (χ1) is 22.4. The van der Waals surface area contributed by atoms with Crippen molar-refractivity contribution in [2.75, 3.05) is 6.54 Å². The first-order valence-electron chi connectivity index (χ1n) is 16.5. The van der Waals surface area contributed by atoms with Crippen LogP contribution in [0.3, 0.4) is 0 Å². The molecule has 1 aliphatic rings. The highest BCUT2D eigenvalue weighted by Gasteiger charge is 2.12. The van der Waals surface area contributed by atoms with Crippen LogP contribution >= 0.6 is 0 Å². The quantitative estimate of drug-likeness (QED) is 0.0973. The molecule has 0 aromatic heterocycles. The molecule has 1 unspecified atom stereocenters. The molecule has 0 saturated carbocycles. The number of nitrogens with one attached hydrogen (secondary N) is 1. The Labute approximate surface area is 276 Å². The van der Waals surface area contributed by atoms with Crippen molar-refractivity contribution in [3.05, 3.63) is 168 Å². The van der Waals surface area contributed by atoms with Gasteiger partial charge in [0.25, 0.3) is 0 Å². The van der Waals surface area contributed by atoms with Gasteiger partial charge in [-0.25, -0.2) is 0 Å². The van der Waals surface area contributed by atoms with Crippen molar-refractivity contribution >= 4 is 17.1 Å². The lowest BCUT2D eigenvalue weighted by molar-refractivity contribution is 0.704. The summed E-state index contributed by atoms with van der Waals surface area (Å²) in [7, 11) is 0. The van der Waals surface area contributed by atoms with E-state index in [4.69, 9.17) is 4.99 Å². The van der Waals surface area contributed by atoms with E-state index in [-0.39, 0.29) is 5.92 Å². The van der Waals surface area contributed by atoms with E-state index < -0.39 is 0 Å². The average Bonchev–Trinajstić information content (AvgIpc) is 3.11. The first kappa shape index (κ1) is 32.4. The predicted molar refractivity (Wildman–Crippen MR) is 201 cm³/mol. The summed E-state index contributed by atoms with van der Waals surface area (Å²) in [5.74, 6) is 1.09. The monoisotopic (exact) mass is 602 g/mol. The third-order valence-corrected chi connectivity index (χ3v) is 8.46. The fourth-order valence-corrected chi connectivity index (χ4v) is 5.85. The highest BCUT2D eigenvalue weighted by Crippen LogP contribution is 2.31. The van der Waals surface area contributed by atoms with E-state index in [9.17, 15) is 0 Å². The molecule has 46 heavy (non-hydrogen) atoms. The maximum atomic E-state index is 5.06. The Morgan fingerprint density at radius 1 is 0.826 bits per heavy atom. The van der Waals surface area contributed by atoms with Crippen LogP contribution in [-0.2, 0) is 0 Å². The summed E-state index contributed by atoms with van der Waals surface area (Å²) in [5, 5.41) is 3.56. The number of benzene rings is 4. The van der Waals surface area contributed by atoms with Gasteiger partial charge in [-0.05, 0) is 94.5 Å². The van der Waals surface area contributed by atoms with Crippen LogP contribution in [0.15, 0.2) is 151 Å². The zero-order valence-electron chi connectivity index (χ0n) is 27.6. The Balaban J connectivity index is 1.39. The SMILES string of the molecule is C=C/C(=C\CCC)C(C)CN=C(NC(=C)c1cccc(-c2cccc(-c3cc(C)cc(C4=CCCC=C4)c3)c2)c1)c1ccccc1. The summed E-state index contributed by atoms with van der Waals surface area (Å²) in [6.07, 6.45) is 15.5. The predicted octanol–water partition coefficient (Wildman–Crippen LogP) is 11.6. The highest BCUT2D eigenvalue weighted by atomic mass is 15.0. The molecule has 2 heteroatoms. The van der Waals surface area contributed by atoms with E-state index in [1.54, 1.807) is 0 Å². The van der Waals surface area contributed by atoms with Crippen LogP contribution < -0.4 is 5.32 Å². The second kappa shape index (κ2) is 15.9. The van der Waals surface area contributed by atoms with Crippen LogP contribution in [0.25, 0.3) is 33.5 Å². The van der Waals surface area contributed by atoms with Gasteiger partial charge in [0.2, 0.25) is 0 Å². The van der Waals surface area contributed by atoms with E-state index in [0.29, 0.717) is 6.54 Å². The normalized spacial score (nSPS) is 14.0. The first-order valence-corrected chi connectivity index (χ1v) is 16.5. The number of hydrogen-bond acceptors (Lipinski definition) is 1. The number of aliphatic imine (C=N–C) groups is 1. The Morgan fingerprint density at radius 3 is 2.22 bits per heavy atom. The lowest BCUT2D eigenvalue weighted by atomic mass is 9.92. The largest absolute Gasteiger partial charge is 0.340 e. The van der Waals surface area contributed by atoms with Crippen LogP contribution in [0.5, 0.6) is 0 Å². The molecule has 4 aromatic rings. The van der Waals surface area contributed by atoms with Crippen molar-refractivity contribution in [3.63, 3.8) is 0 Å². The molecular formula is C44H46N2. The molecule has 5 rings (SSSR count). The van der Waals surface area contributed by atoms with Crippen molar-refractivity contribution in [1.82, 2.24) is 5.32 Å². The summed E-state index contributed by atoms with van der Waals surface area (Å²) in [6.45, 7) is 15.7. The number of allylic oxidation sites excluding steroid dienone is 6. The number of rotatable bonds is 12. The van der Waals surface area contributed by atoms with E-state index in [0.717, 1.165) is 53.9 Å². The van der Waals surface area contributed by atoms with E-state index >= 15 is 0 Å². The van der Waals surface area contributed by atoms with Crippen molar-refractivity contribution in [2.24, 2.45) is 10.9 Å². The van der Waals surface area contributed by atoms with Crippen molar-refractivity contribution in [1.29, 1.82) is 0 Å². The fourth-order valence-electron chi connectivity index (χ4n) is 5.85. The third kappa shape index (κ3) is 8.40. The van der Waals surface area contributed by atoms with Gasteiger partial charge < -0.3 is 5.32 Å². The van der Waals surface area contributed by atoms with Gasteiger partial charge in [0.05, 0.1) is 0 Å². The number of aryl methyl sites for hydroxylation is 1. The van der Waals surface area contributed by atoms with Crippen LogP contribution in [0.1, 0.15) is 61.8 Å². The van der Waals surface area contributed by atoms with Gasteiger partial charge in [-0.3, -0.25) is 4.99 Å². The standard InChI is InChI=1S/C44H46N2/c1-6-8-17-35(7-2)33(4)31-45-44(37-20-13-10-14-21-37)46-34(5)38-22-15-23-39(28-38)40-24-16-25-41(29-40)43-27-32(3)26-42(30-43)36-18-11-9-12-19-36/h7,10-11,13-30,33H,2,5-6,8-9,12,31H2,1,3-4H3,(H,45,46)/b35-17+. The molecular weight excluding hydrogens is 556 g/mol. The molecule has 2 nitrogen and oxygen atoms in total. The minimum absolute atomic E-state index is 0.272. The zero-order valence-corrected chi connectivity index (χ0v) is 27.6. The Bertz CT molecular complexity index is 1800. The molecule has 1 N–H and O–H groups in total. The molecule has 0 saturated heterocycles. The molecule has 232 valence electrons. The van der Waals surface area contributed by atoms with Gasteiger partial charge in [0, 0.05) is 23.7 Å². The molecule has 1 atom stereocenters. The fraction of sp³-hybridized carbons (Fsp3) is 0.205. The summed E-state index contributed by atoms with van der Waals surface area (Å²) >= 11 is 0. The lowest BCUT2D eigenvalue weighted by Crippen LogP contribution is -2.24. The highest BCUT2D eigenvalue weighted by molar-refractivity contribution is 6.03. The molecule has 0 amide bonds. The smallest absolute Gasteiger partial charge is 0.132 e. The van der Waals surface area contributed by atoms with E-state index in [1.165, 1.54) is 39.0 Å². The molecule has 1 aliphatic carbocycles. The van der Waals surface area contributed by atoms with Crippen molar-refractivity contribution in [2.45, 2.75) is 46.5 Å². The molecule has 0 radical (unpaired) electrons. The number of amidine groups is 1. The maximum absolute atomic E-state index is 5.06. The van der Waals surface area contributed by atoms with E-state index in [1.807, 2.05) is 24.3 Å². The molecule has 0 bridgehead atoms. The summed E-state index contributed by atoms with van der Waals surface area (Å²) in [6, 6.07) is 34.6.